The Morgan fingerprint density at radius 2 is 1.62 bits per heavy atom. The molecule has 0 N–H and O–H groups in total. The summed E-state index contributed by atoms with van der Waals surface area (Å²) >= 11 is 0. The predicted octanol–water partition coefficient (Wildman–Crippen LogP) is 3.01. The van der Waals surface area contributed by atoms with E-state index in [4.69, 9.17) is 0 Å². The Bertz CT molecular complexity index is 740. The molecular formula is C24H33N3O2. The molecule has 5 rings (SSSR count). The molecule has 2 aliphatic heterocycles. The Morgan fingerprint density at radius 1 is 0.897 bits per heavy atom. The molecule has 0 spiro atoms. The van der Waals surface area contributed by atoms with Gasteiger partial charge in [-0.1, -0.05) is 31.0 Å². The third kappa shape index (κ3) is 3.94. The molecule has 29 heavy (non-hydrogen) atoms. The van der Waals surface area contributed by atoms with Gasteiger partial charge in [0, 0.05) is 44.3 Å². The van der Waals surface area contributed by atoms with Gasteiger partial charge >= 0.3 is 0 Å². The van der Waals surface area contributed by atoms with Crippen LogP contribution in [0.15, 0.2) is 30.3 Å². The fourth-order valence-corrected chi connectivity index (χ4v) is 5.73. The summed E-state index contributed by atoms with van der Waals surface area (Å²) in [5.41, 5.74) is 0.714. The normalized spacial score (nSPS) is 30.3. The summed E-state index contributed by atoms with van der Waals surface area (Å²) in [5, 5.41) is 0. The number of piperazine rings is 1. The van der Waals surface area contributed by atoms with Crippen LogP contribution in [-0.4, -0.2) is 71.3 Å². The summed E-state index contributed by atoms with van der Waals surface area (Å²) in [4.78, 5) is 33.5. The molecule has 0 aromatic heterocycles. The smallest absolute Gasteiger partial charge is 0.254 e. The molecule has 0 bridgehead atoms. The molecular weight excluding hydrogens is 362 g/mol. The highest BCUT2D eigenvalue weighted by molar-refractivity contribution is 5.98. The van der Waals surface area contributed by atoms with E-state index in [1.165, 1.54) is 32.2 Å². The van der Waals surface area contributed by atoms with Crippen molar-refractivity contribution in [3.05, 3.63) is 35.9 Å². The largest absolute Gasteiger partial charge is 0.338 e. The number of hydrogen-bond donors (Lipinski definition) is 0. The minimum atomic E-state index is -0.272. The molecule has 5 nitrogen and oxygen atoms in total. The molecule has 3 atom stereocenters. The summed E-state index contributed by atoms with van der Waals surface area (Å²) < 4.78 is 0. The van der Waals surface area contributed by atoms with E-state index >= 15 is 0 Å². The van der Waals surface area contributed by atoms with Gasteiger partial charge in [-0.3, -0.25) is 14.5 Å². The summed E-state index contributed by atoms with van der Waals surface area (Å²) in [6, 6.07) is 9.50. The molecule has 0 radical (unpaired) electrons. The van der Waals surface area contributed by atoms with Crippen LogP contribution in [0.2, 0.25) is 0 Å². The van der Waals surface area contributed by atoms with Gasteiger partial charge in [0.05, 0.1) is 0 Å². The lowest BCUT2D eigenvalue weighted by Crippen LogP contribution is -2.55. The van der Waals surface area contributed by atoms with Crippen LogP contribution in [0.25, 0.3) is 0 Å². The average Bonchev–Trinajstić information content (AvgIpc) is 3.50. The molecule has 2 heterocycles. The van der Waals surface area contributed by atoms with Crippen LogP contribution in [0.4, 0.5) is 0 Å². The number of rotatable bonds is 4. The van der Waals surface area contributed by atoms with E-state index in [9.17, 15) is 9.59 Å². The van der Waals surface area contributed by atoms with E-state index in [2.05, 4.69) is 4.90 Å². The van der Waals surface area contributed by atoms with Crippen LogP contribution in [0, 0.1) is 11.8 Å². The second kappa shape index (κ2) is 8.10. The zero-order valence-electron chi connectivity index (χ0n) is 17.3. The van der Waals surface area contributed by atoms with Crippen LogP contribution in [-0.2, 0) is 4.79 Å². The van der Waals surface area contributed by atoms with Gasteiger partial charge in [0.2, 0.25) is 5.91 Å². The number of carbonyl (C=O) groups is 2. The van der Waals surface area contributed by atoms with Crippen molar-refractivity contribution < 1.29 is 9.59 Å². The molecule has 2 saturated heterocycles. The van der Waals surface area contributed by atoms with Crippen LogP contribution in [0.5, 0.6) is 0 Å². The SMILES string of the molecule is O=C(C1CC2CCCCC2N1C(=O)c1ccccc1)N1CCN(CC2CC2)CC1. The van der Waals surface area contributed by atoms with Crippen LogP contribution in [0.3, 0.4) is 0 Å². The third-order valence-electron chi connectivity index (χ3n) is 7.53. The summed E-state index contributed by atoms with van der Waals surface area (Å²) in [6.07, 6.45) is 8.20. The van der Waals surface area contributed by atoms with Crippen molar-refractivity contribution >= 4 is 11.8 Å². The maximum Gasteiger partial charge on any atom is 0.254 e. The molecule has 4 aliphatic rings. The number of carbonyl (C=O) groups excluding carboxylic acids is 2. The highest BCUT2D eigenvalue weighted by atomic mass is 16.2. The number of hydrogen-bond acceptors (Lipinski definition) is 3. The minimum absolute atomic E-state index is 0.0470. The highest BCUT2D eigenvalue weighted by Crippen LogP contribution is 2.41. The lowest BCUT2D eigenvalue weighted by atomic mass is 9.84. The summed E-state index contributed by atoms with van der Waals surface area (Å²) in [6.45, 7) is 4.78. The Kier molecular flexibility index (Phi) is 5.33. The lowest BCUT2D eigenvalue weighted by molar-refractivity contribution is -0.137. The topological polar surface area (TPSA) is 43.9 Å². The van der Waals surface area contributed by atoms with Crippen molar-refractivity contribution in [2.24, 2.45) is 11.8 Å². The third-order valence-corrected chi connectivity index (χ3v) is 7.53. The number of benzene rings is 1. The average molecular weight is 396 g/mol. The monoisotopic (exact) mass is 395 g/mol. The molecule has 2 aliphatic carbocycles. The first-order valence-corrected chi connectivity index (χ1v) is 11.6. The Balaban J connectivity index is 1.31. The molecule has 156 valence electrons. The molecule has 1 aromatic carbocycles. The minimum Gasteiger partial charge on any atom is -0.338 e. The van der Waals surface area contributed by atoms with E-state index < -0.39 is 0 Å². The standard InChI is InChI=1S/C24H33N3O2/c28-23(19-6-2-1-3-7-19)27-21-9-5-4-8-20(21)16-22(27)24(29)26-14-12-25(13-15-26)17-18-10-11-18/h1-3,6-7,18,20-22H,4-5,8-17H2. The first kappa shape index (κ1) is 19.1. The van der Waals surface area contributed by atoms with Crippen molar-refractivity contribution in [1.29, 1.82) is 0 Å². The van der Waals surface area contributed by atoms with Gasteiger partial charge in [0.15, 0.2) is 0 Å². The van der Waals surface area contributed by atoms with Gasteiger partial charge in [-0.05, 0) is 56.1 Å². The zero-order chi connectivity index (χ0) is 19.8. The fourth-order valence-electron chi connectivity index (χ4n) is 5.73. The van der Waals surface area contributed by atoms with E-state index in [1.54, 1.807) is 0 Å². The van der Waals surface area contributed by atoms with Crippen LogP contribution in [0.1, 0.15) is 55.3 Å². The van der Waals surface area contributed by atoms with Gasteiger partial charge in [0.1, 0.15) is 6.04 Å². The van der Waals surface area contributed by atoms with Crippen molar-refractivity contribution in [2.45, 2.75) is 57.0 Å². The second-order valence-corrected chi connectivity index (χ2v) is 9.51. The van der Waals surface area contributed by atoms with Crippen molar-refractivity contribution in [1.82, 2.24) is 14.7 Å². The summed E-state index contributed by atoms with van der Waals surface area (Å²) in [5.74, 6) is 1.62. The van der Waals surface area contributed by atoms with Gasteiger partial charge in [-0.25, -0.2) is 0 Å². The fraction of sp³-hybridized carbons (Fsp3) is 0.667. The first-order chi connectivity index (χ1) is 14.2. The quantitative estimate of drug-likeness (QED) is 0.787. The molecule has 4 fully saturated rings. The molecule has 2 saturated carbocycles. The van der Waals surface area contributed by atoms with Gasteiger partial charge < -0.3 is 9.80 Å². The number of amides is 2. The van der Waals surface area contributed by atoms with Crippen LogP contribution < -0.4 is 0 Å². The molecule has 3 unspecified atom stereocenters. The van der Waals surface area contributed by atoms with E-state index in [-0.39, 0.29) is 23.9 Å². The van der Waals surface area contributed by atoms with Crippen molar-refractivity contribution in [3.63, 3.8) is 0 Å². The number of nitrogens with zero attached hydrogens (tertiary/aromatic N) is 3. The van der Waals surface area contributed by atoms with E-state index in [0.717, 1.165) is 51.4 Å². The second-order valence-electron chi connectivity index (χ2n) is 9.51. The molecule has 5 heteroatoms. The maximum absolute atomic E-state index is 13.5. The highest BCUT2D eigenvalue weighted by Gasteiger charge is 2.48. The van der Waals surface area contributed by atoms with Gasteiger partial charge in [0.25, 0.3) is 5.91 Å². The molecule has 2 amide bonds. The Morgan fingerprint density at radius 3 is 2.34 bits per heavy atom. The van der Waals surface area contributed by atoms with E-state index in [1.807, 2.05) is 40.1 Å². The van der Waals surface area contributed by atoms with Crippen LogP contribution >= 0.6 is 0 Å². The number of fused-ring (bicyclic) bond motifs is 1. The van der Waals surface area contributed by atoms with Crippen molar-refractivity contribution in [3.8, 4) is 0 Å². The first-order valence-electron chi connectivity index (χ1n) is 11.6. The maximum atomic E-state index is 13.5. The summed E-state index contributed by atoms with van der Waals surface area (Å²) in [7, 11) is 0. The predicted molar refractivity (Wildman–Crippen MR) is 113 cm³/mol. The van der Waals surface area contributed by atoms with Crippen molar-refractivity contribution in [2.75, 3.05) is 32.7 Å². The Labute approximate surface area is 174 Å². The van der Waals surface area contributed by atoms with E-state index in [0.29, 0.717) is 11.5 Å². The molecule has 1 aromatic rings. The zero-order valence-corrected chi connectivity index (χ0v) is 17.3. The van der Waals surface area contributed by atoms with Gasteiger partial charge in [-0.2, -0.15) is 0 Å². The lowest BCUT2D eigenvalue weighted by Gasteiger charge is -2.38. The number of likely N-dealkylation sites (tertiary alicyclic amines) is 1. The Hall–Kier alpha value is -1.88. The van der Waals surface area contributed by atoms with Gasteiger partial charge in [-0.15, -0.1) is 0 Å².